The second-order valence-electron chi connectivity index (χ2n) is 8.82. The quantitative estimate of drug-likeness (QED) is 0.465. The van der Waals surface area contributed by atoms with Crippen molar-refractivity contribution >= 4 is 16.6 Å². The van der Waals surface area contributed by atoms with Crippen molar-refractivity contribution in [3.05, 3.63) is 54.2 Å². The van der Waals surface area contributed by atoms with Gasteiger partial charge in [0.2, 0.25) is 0 Å². The Balaban J connectivity index is 1.51. The standard InChI is InChI=1S/C25H30N6O2/c1-16(32-3)15-33-22-6-4-5-18-7-9-21(27-24(18)22)25-29-28-23-10-8-19(13-31(23)25)17(2)30-12-11-20(26)14-30/h4-10,13,16-17,20H,11-12,14-15,26H2,1-3H3/t16-,17-,20-/m0/s1. The summed E-state index contributed by atoms with van der Waals surface area (Å²) in [4.78, 5) is 7.34. The fourth-order valence-electron chi connectivity index (χ4n) is 4.34. The highest BCUT2D eigenvalue weighted by Gasteiger charge is 2.25. The Morgan fingerprint density at radius 3 is 2.79 bits per heavy atom. The fraction of sp³-hybridized carbons (Fsp3) is 0.400. The van der Waals surface area contributed by atoms with Crippen molar-refractivity contribution in [1.82, 2.24) is 24.5 Å². The maximum atomic E-state index is 6.13. The molecule has 4 heterocycles. The number of hydrogen-bond acceptors (Lipinski definition) is 7. The third kappa shape index (κ3) is 4.29. The number of rotatable bonds is 7. The molecule has 0 bridgehead atoms. The van der Waals surface area contributed by atoms with Gasteiger partial charge < -0.3 is 15.2 Å². The largest absolute Gasteiger partial charge is 0.489 e. The summed E-state index contributed by atoms with van der Waals surface area (Å²) in [7, 11) is 1.68. The van der Waals surface area contributed by atoms with Crippen LogP contribution in [0.3, 0.4) is 0 Å². The first kappa shape index (κ1) is 21.8. The van der Waals surface area contributed by atoms with Crippen LogP contribution in [0.25, 0.3) is 28.1 Å². The second kappa shape index (κ2) is 9.05. The highest BCUT2D eigenvalue weighted by molar-refractivity contribution is 5.86. The first-order valence-corrected chi connectivity index (χ1v) is 11.4. The summed E-state index contributed by atoms with van der Waals surface area (Å²) >= 11 is 0. The number of pyridine rings is 2. The van der Waals surface area contributed by atoms with Crippen molar-refractivity contribution in [3.8, 4) is 17.3 Å². The molecule has 1 aliphatic rings. The number of likely N-dealkylation sites (tertiary alicyclic amines) is 1. The van der Waals surface area contributed by atoms with E-state index in [1.807, 2.05) is 47.7 Å². The molecule has 5 rings (SSSR count). The normalized spacial score (nSPS) is 18.7. The van der Waals surface area contributed by atoms with Gasteiger partial charge in [0.05, 0.1) is 6.10 Å². The first-order valence-electron chi connectivity index (χ1n) is 11.4. The Morgan fingerprint density at radius 1 is 1.12 bits per heavy atom. The van der Waals surface area contributed by atoms with E-state index in [0.717, 1.165) is 47.5 Å². The van der Waals surface area contributed by atoms with E-state index < -0.39 is 0 Å². The third-order valence-electron chi connectivity index (χ3n) is 6.50. The van der Waals surface area contributed by atoms with E-state index in [-0.39, 0.29) is 18.2 Å². The number of hydrogen-bond donors (Lipinski definition) is 1. The van der Waals surface area contributed by atoms with Gasteiger partial charge in [-0.25, -0.2) is 4.98 Å². The molecule has 3 aromatic heterocycles. The van der Waals surface area contributed by atoms with Gasteiger partial charge >= 0.3 is 0 Å². The monoisotopic (exact) mass is 446 g/mol. The highest BCUT2D eigenvalue weighted by atomic mass is 16.5. The van der Waals surface area contributed by atoms with Gasteiger partial charge in [0, 0.05) is 43.9 Å². The zero-order chi connectivity index (χ0) is 22.9. The molecule has 2 N–H and O–H groups in total. The van der Waals surface area contributed by atoms with Crippen LogP contribution in [0.5, 0.6) is 5.75 Å². The van der Waals surface area contributed by atoms with Crippen molar-refractivity contribution < 1.29 is 9.47 Å². The van der Waals surface area contributed by atoms with E-state index in [2.05, 4.69) is 34.3 Å². The van der Waals surface area contributed by atoms with Crippen LogP contribution < -0.4 is 10.5 Å². The number of methoxy groups -OCH3 is 1. The van der Waals surface area contributed by atoms with Crippen molar-refractivity contribution in [3.63, 3.8) is 0 Å². The molecule has 0 radical (unpaired) electrons. The average Bonchev–Trinajstić information content (AvgIpc) is 3.47. The van der Waals surface area contributed by atoms with Crippen LogP contribution in [0.2, 0.25) is 0 Å². The van der Waals surface area contributed by atoms with E-state index in [9.17, 15) is 0 Å². The molecule has 1 fully saturated rings. The van der Waals surface area contributed by atoms with E-state index in [1.165, 1.54) is 5.56 Å². The molecule has 33 heavy (non-hydrogen) atoms. The maximum Gasteiger partial charge on any atom is 0.187 e. The van der Waals surface area contributed by atoms with Crippen LogP contribution in [-0.2, 0) is 4.74 Å². The molecule has 1 saturated heterocycles. The summed E-state index contributed by atoms with van der Waals surface area (Å²) in [5, 5.41) is 9.83. The van der Waals surface area contributed by atoms with Crippen molar-refractivity contribution in [2.75, 3.05) is 26.8 Å². The summed E-state index contributed by atoms with van der Waals surface area (Å²) in [6.07, 6.45) is 3.15. The number of aromatic nitrogens is 4. The Morgan fingerprint density at radius 2 is 2.00 bits per heavy atom. The molecule has 0 amide bonds. The van der Waals surface area contributed by atoms with Crippen LogP contribution in [0.1, 0.15) is 31.9 Å². The van der Waals surface area contributed by atoms with Gasteiger partial charge in [-0.05, 0) is 44.0 Å². The van der Waals surface area contributed by atoms with Gasteiger partial charge in [-0.15, -0.1) is 10.2 Å². The molecular weight excluding hydrogens is 416 g/mol. The third-order valence-corrected chi connectivity index (χ3v) is 6.50. The van der Waals surface area contributed by atoms with Crippen molar-refractivity contribution in [2.24, 2.45) is 5.73 Å². The molecule has 4 aromatic rings. The van der Waals surface area contributed by atoms with Crippen molar-refractivity contribution in [2.45, 2.75) is 38.5 Å². The minimum absolute atomic E-state index is 0.00514. The number of ether oxygens (including phenoxy) is 2. The Labute approximate surface area is 193 Å². The molecule has 172 valence electrons. The van der Waals surface area contributed by atoms with Crippen LogP contribution in [0.4, 0.5) is 0 Å². The van der Waals surface area contributed by atoms with Gasteiger partial charge in [-0.2, -0.15) is 0 Å². The fourth-order valence-corrected chi connectivity index (χ4v) is 4.34. The van der Waals surface area contributed by atoms with Gasteiger partial charge in [0.1, 0.15) is 23.6 Å². The lowest BCUT2D eigenvalue weighted by atomic mass is 10.1. The molecule has 0 aliphatic carbocycles. The van der Waals surface area contributed by atoms with Gasteiger partial charge in [0.25, 0.3) is 0 Å². The van der Waals surface area contributed by atoms with Gasteiger partial charge in [-0.1, -0.05) is 24.3 Å². The minimum atomic E-state index is -0.00514. The van der Waals surface area contributed by atoms with E-state index in [0.29, 0.717) is 12.4 Å². The zero-order valence-corrected chi connectivity index (χ0v) is 19.3. The van der Waals surface area contributed by atoms with E-state index >= 15 is 0 Å². The van der Waals surface area contributed by atoms with Crippen LogP contribution in [-0.4, -0.2) is 63.4 Å². The molecule has 8 nitrogen and oxygen atoms in total. The summed E-state index contributed by atoms with van der Waals surface area (Å²) in [5.74, 6) is 1.44. The zero-order valence-electron chi connectivity index (χ0n) is 19.3. The van der Waals surface area contributed by atoms with E-state index in [4.69, 9.17) is 20.2 Å². The number of nitrogens with two attached hydrogens (primary N) is 1. The lowest BCUT2D eigenvalue weighted by Crippen LogP contribution is -2.28. The SMILES string of the molecule is CO[C@@H](C)COc1cccc2ccc(-c3nnc4ccc([C@H](C)N5CC[C@H](N)C5)cn34)nc12. The topological polar surface area (TPSA) is 90.8 Å². The van der Waals surface area contributed by atoms with Crippen LogP contribution in [0.15, 0.2) is 48.7 Å². The predicted molar refractivity (Wildman–Crippen MR) is 128 cm³/mol. The number of fused-ring (bicyclic) bond motifs is 2. The highest BCUT2D eigenvalue weighted by Crippen LogP contribution is 2.29. The van der Waals surface area contributed by atoms with Crippen molar-refractivity contribution in [1.29, 1.82) is 0 Å². The molecule has 0 saturated carbocycles. The van der Waals surface area contributed by atoms with Gasteiger partial charge in [-0.3, -0.25) is 9.30 Å². The Kier molecular flexibility index (Phi) is 5.97. The number of para-hydroxylation sites is 1. The maximum absolute atomic E-state index is 6.13. The number of nitrogens with zero attached hydrogens (tertiary/aromatic N) is 5. The summed E-state index contributed by atoms with van der Waals surface area (Å²) < 4.78 is 13.3. The average molecular weight is 447 g/mol. The molecule has 1 aromatic carbocycles. The second-order valence-corrected chi connectivity index (χ2v) is 8.82. The summed E-state index contributed by atoms with van der Waals surface area (Å²) in [6, 6.07) is 14.6. The molecule has 8 heteroatoms. The molecule has 0 unspecified atom stereocenters. The summed E-state index contributed by atoms with van der Waals surface area (Å²) in [5.41, 5.74) is 9.67. The van der Waals surface area contributed by atoms with Crippen LogP contribution >= 0.6 is 0 Å². The number of benzene rings is 1. The first-order chi connectivity index (χ1) is 16.0. The molecule has 1 aliphatic heterocycles. The van der Waals surface area contributed by atoms with Crippen LogP contribution in [0, 0.1) is 0 Å². The Bertz CT molecular complexity index is 1270. The molecule has 0 spiro atoms. The lowest BCUT2D eigenvalue weighted by molar-refractivity contribution is 0.0722. The Hall–Kier alpha value is -3.07. The smallest absolute Gasteiger partial charge is 0.187 e. The van der Waals surface area contributed by atoms with E-state index in [1.54, 1.807) is 7.11 Å². The molecule has 3 atom stereocenters. The van der Waals surface area contributed by atoms with Gasteiger partial charge in [0.15, 0.2) is 11.5 Å². The minimum Gasteiger partial charge on any atom is -0.489 e. The molecular formula is C25H30N6O2. The predicted octanol–water partition coefficient (Wildman–Crippen LogP) is 3.45. The summed E-state index contributed by atoms with van der Waals surface area (Å²) in [6.45, 7) is 6.59. The lowest BCUT2D eigenvalue weighted by Gasteiger charge is -2.24.